The Balaban J connectivity index is 1.51. The number of hydrogen-bond acceptors (Lipinski definition) is 7. The van der Waals surface area contributed by atoms with Crippen LogP contribution < -0.4 is 20.7 Å². The molecule has 0 spiro atoms. The number of piperidine rings is 1. The first-order chi connectivity index (χ1) is 17.2. The van der Waals surface area contributed by atoms with Gasteiger partial charge in [-0.2, -0.15) is 18.2 Å². The van der Waals surface area contributed by atoms with Crippen molar-refractivity contribution in [1.29, 1.82) is 0 Å². The average Bonchev–Trinajstić information content (AvgIpc) is 2.84. The molecule has 196 valence electrons. The molecule has 1 aromatic heterocycles. The second-order valence-electron chi connectivity index (χ2n) is 9.55. The van der Waals surface area contributed by atoms with Gasteiger partial charge in [-0.15, -0.1) is 0 Å². The zero-order valence-corrected chi connectivity index (χ0v) is 20.6. The number of amides is 1. The van der Waals surface area contributed by atoms with E-state index in [0.717, 1.165) is 64.2 Å². The molecule has 4 rings (SSSR count). The molecule has 1 aliphatic carbocycles. The number of alkyl halides is 3. The minimum absolute atomic E-state index is 0.00190. The van der Waals surface area contributed by atoms with Crippen molar-refractivity contribution in [3.05, 3.63) is 35.5 Å². The SMILES string of the molecule is COc1cc(C(=O)NC2CCCN(C)C2)ccc1Nc1ncc(C(F)(F)F)c(NC2CCCCC2)n1. The van der Waals surface area contributed by atoms with Gasteiger partial charge in [0.2, 0.25) is 5.95 Å². The lowest BCUT2D eigenvalue weighted by atomic mass is 9.95. The molecule has 1 saturated heterocycles. The number of carbonyl (C=O) groups is 1. The highest BCUT2D eigenvalue weighted by Crippen LogP contribution is 2.36. The van der Waals surface area contributed by atoms with Gasteiger partial charge in [-0.05, 0) is 57.5 Å². The number of methoxy groups -OCH3 is 1. The first kappa shape index (κ1) is 26.0. The van der Waals surface area contributed by atoms with E-state index in [-0.39, 0.29) is 29.8 Å². The highest BCUT2D eigenvalue weighted by atomic mass is 19.4. The molecule has 8 nitrogen and oxygen atoms in total. The summed E-state index contributed by atoms with van der Waals surface area (Å²) in [6.45, 7) is 1.81. The third-order valence-corrected chi connectivity index (χ3v) is 6.71. The van der Waals surface area contributed by atoms with Crippen molar-refractivity contribution in [2.24, 2.45) is 0 Å². The van der Waals surface area contributed by atoms with Crippen molar-refractivity contribution in [3.8, 4) is 5.75 Å². The molecule has 1 amide bonds. The maximum absolute atomic E-state index is 13.6. The summed E-state index contributed by atoms with van der Waals surface area (Å²) in [6, 6.07) is 4.89. The van der Waals surface area contributed by atoms with E-state index in [4.69, 9.17) is 4.74 Å². The van der Waals surface area contributed by atoms with E-state index in [1.54, 1.807) is 18.2 Å². The van der Waals surface area contributed by atoms with Crippen LogP contribution in [0, 0.1) is 0 Å². The molecule has 1 unspecified atom stereocenters. The van der Waals surface area contributed by atoms with E-state index < -0.39 is 11.7 Å². The van der Waals surface area contributed by atoms with Gasteiger partial charge in [0.25, 0.3) is 5.91 Å². The Bertz CT molecular complexity index is 1060. The molecule has 0 radical (unpaired) electrons. The normalized spacial score (nSPS) is 19.5. The maximum atomic E-state index is 13.6. The van der Waals surface area contributed by atoms with Gasteiger partial charge in [0.1, 0.15) is 17.1 Å². The predicted octanol–water partition coefficient (Wildman–Crippen LogP) is 4.82. The van der Waals surface area contributed by atoms with Gasteiger partial charge in [0, 0.05) is 30.4 Å². The molecule has 1 aromatic carbocycles. The van der Waals surface area contributed by atoms with Crippen molar-refractivity contribution in [2.45, 2.75) is 63.2 Å². The van der Waals surface area contributed by atoms with Gasteiger partial charge in [-0.25, -0.2) is 4.98 Å². The average molecular weight is 507 g/mol. The summed E-state index contributed by atoms with van der Waals surface area (Å²) < 4.78 is 46.2. The first-order valence-corrected chi connectivity index (χ1v) is 12.4. The molecule has 2 heterocycles. The Morgan fingerprint density at radius 2 is 1.86 bits per heavy atom. The highest BCUT2D eigenvalue weighted by Gasteiger charge is 2.36. The van der Waals surface area contributed by atoms with E-state index in [0.29, 0.717) is 17.0 Å². The number of halogens is 3. The molecule has 1 aliphatic heterocycles. The van der Waals surface area contributed by atoms with Gasteiger partial charge in [0.15, 0.2) is 0 Å². The smallest absolute Gasteiger partial charge is 0.421 e. The highest BCUT2D eigenvalue weighted by molar-refractivity contribution is 5.95. The van der Waals surface area contributed by atoms with Crippen LogP contribution in [-0.2, 0) is 6.18 Å². The molecular formula is C25H33F3N6O2. The van der Waals surface area contributed by atoms with Crippen LogP contribution >= 0.6 is 0 Å². The molecular weight excluding hydrogens is 473 g/mol. The van der Waals surface area contributed by atoms with E-state index in [9.17, 15) is 18.0 Å². The van der Waals surface area contributed by atoms with Crippen LogP contribution in [0.3, 0.4) is 0 Å². The molecule has 2 fully saturated rings. The van der Waals surface area contributed by atoms with Crippen molar-refractivity contribution >= 4 is 23.4 Å². The fraction of sp³-hybridized carbons (Fsp3) is 0.560. The number of rotatable bonds is 7. The van der Waals surface area contributed by atoms with E-state index in [1.165, 1.54) is 7.11 Å². The minimum Gasteiger partial charge on any atom is -0.495 e. The van der Waals surface area contributed by atoms with Crippen molar-refractivity contribution in [1.82, 2.24) is 20.2 Å². The second kappa shape index (κ2) is 11.3. The third kappa shape index (κ3) is 6.57. The lowest BCUT2D eigenvalue weighted by Gasteiger charge is -2.30. The number of carbonyl (C=O) groups excluding carboxylic acids is 1. The van der Waals surface area contributed by atoms with Crippen molar-refractivity contribution < 1.29 is 22.7 Å². The fourth-order valence-corrected chi connectivity index (χ4v) is 4.81. The van der Waals surface area contributed by atoms with Crippen LogP contribution in [0.25, 0.3) is 0 Å². The molecule has 0 bridgehead atoms. The topological polar surface area (TPSA) is 91.4 Å². The van der Waals surface area contributed by atoms with Crippen LogP contribution in [0.4, 0.5) is 30.6 Å². The summed E-state index contributed by atoms with van der Waals surface area (Å²) >= 11 is 0. The number of ether oxygens (including phenoxy) is 1. The Kier molecular flexibility index (Phi) is 8.17. The number of likely N-dealkylation sites (N-methyl/N-ethyl adjacent to an activating group) is 1. The third-order valence-electron chi connectivity index (χ3n) is 6.71. The Labute approximate surface area is 209 Å². The number of likely N-dealkylation sites (tertiary alicyclic amines) is 1. The standard InChI is InChI=1S/C25H33F3N6O2/c1-34-12-6-9-18(15-34)31-23(35)16-10-11-20(21(13-16)36-2)32-24-29-14-19(25(26,27)28)22(33-24)30-17-7-4-3-5-8-17/h10-11,13-14,17-18H,3-9,12,15H2,1-2H3,(H,31,35)(H2,29,30,32,33). The summed E-state index contributed by atoms with van der Waals surface area (Å²) in [5.74, 6) is -0.0834. The van der Waals surface area contributed by atoms with Crippen molar-refractivity contribution in [3.63, 3.8) is 0 Å². The number of hydrogen-bond donors (Lipinski definition) is 3. The molecule has 2 aromatic rings. The molecule has 1 atom stereocenters. The van der Waals surface area contributed by atoms with Gasteiger partial charge >= 0.3 is 6.18 Å². The Hall–Kier alpha value is -3.08. The lowest BCUT2D eigenvalue weighted by Crippen LogP contribution is -2.46. The quantitative estimate of drug-likeness (QED) is 0.496. The van der Waals surface area contributed by atoms with Crippen LogP contribution in [0.2, 0.25) is 0 Å². The monoisotopic (exact) mass is 506 g/mol. The maximum Gasteiger partial charge on any atom is 0.421 e. The van der Waals surface area contributed by atoms with Crippen LogP contribution in [0.1, 0.15) is 60.9 Å². The molecule has 3 N–H and O–H groups in total. The predicted molar refractivity (Wildman–Crippen MR) is 132 cm³/mol. The minimum atomic E-state index is -4.57. The number of anilines is 3. The molecule has 36 heavy (non-hydrogen) atoms. The molecule has 2 aliphatic rings. The summed E-state index contributed by atoms with van der Waals surface area (Å²) in [6.07, 6.45) is 2.82. The number of aromatic nitrogens is 2. The van der Waals surface area contributed by atoms with Crippen LogP contribution in [0.5, 0.6) is 5.75 Å². The van der Waals surface area contributed by atoms with Gasteiger partial charge in [-0.3, -0.25) is 4.79 Å². The second-order valence-corrected chi connectivity index (χ2v) is 9.55. The molecule has 11 heteroatoms. The zero-order valence-electron chi connectivity index (χ0n) is 20.6. The van der Waals surface area contributed by atoms with E-state index >= 15 is 0 Å². The summed E-state index contributed by atoms with van der Waals surface area (Å²) in [5.41, 5.74) is -0.0283. The Morgan fingerprint density at radius 1 is 1.11 bits per heavy atom. The van der Waals surface area contributed by atoms with Gasteiger partial charge in [-0.1, -0.05) is 19.3 Å². The lowest BCUT2D eigenvalue weighted by molar-refractivity contribution is -0.137. The largest absolute Gasteiger partial charge is 0.495 e. The summed E-state index contributed by atoms with van der Waals surface area (Å²) in [5, 5.41) is 8.97. The fourth-order valence-electron chi connectivity index (χ4n) is 4.81. The Morgan fingerprint density at radius 3 is 2.56 bits per heavy atom. The molecule has 1 saturated carbocycles. The number of nitrogens with zero attached hydrogens (tertiary/aromatic N) is 3. The summed E-state index contributed by atoms with van der Waals surface area (Å²) in [4.78, 5) is 23.0. The van der Waals surface area contributed by atoms with Gasteiger partial charge in [0.05, 0.1) is 12.8 Å². The van der Waals surface area contributed by atoms with Crippen LogP contribution in [0.15, 0.2) is 24.4 Å². The van der Waals surface area contributed by atoms with Gasteiger partial charge < -0.3 is 25.6 Å². The number of nitrogens with one attached hydrogen (secondary N) is 3. The zero-order chi connectivity index (χ0) is 25.7. The summed E-state index contributed by atoms with van der Waals surface area (Å²) in [7, 11) is 3.49. The van der Waals surface area contributed by atoms with Crippen molar-refractivity contribution in [2.75, 3.05) is 37.9 Å². The first-order valence-electron chi connectivity index (χ1n) is 12.4. The van der Waals surface area contributed by atoms with E-state index in [1.807, 2.05) is 7.05 Å². The van der Waals surface area contributed by atoms with Crippen LogP contribution in [-0.4, -0.2) is 60.1 Å². The number of benzene rings is 1. The van der Waals surface area contributed by atoms with E-state index in [2.05, 4.69) is 30.8 Å².